The number of pyridine rings is 1. The largest absolute Gasteiger partial charge is 0.301 e. The number of imidazole rings is 1. The number of piperidine rings is 1. The molecule has 1 aliphatic heterocycles. The average Bonchev–Trinajstić information content (AvgIpc) is 2.90. The van der Waals surface area contributed by atoms with Crippen LogP contribution >= 0.6 is 0 Å². The predicted octanol–water partition coefficient (Wildman–Crippen LogP) is 2.81. The van der Waals surface area contributed by atoms with Gasteiger partial charge in [0.15, 0.2) is 6.29 Å². The molecule has 0 aromatic carbocycles. The summed E-state index contributed by atoms with van der Waals surface area (Å²) in [6.07, 6.45) is 6.42. The molecule has 3 heterocycles. The molecule has 3 rings (SSSR count). The van der Waals surface area contributed by atoms with Gasteiger partial charge in [0.1, 0.15) is 5.65 Å². The molecule has 0 unspecified atom stereocenters. The van der Waals surface area contributed by atoms with Gasteiger partial charge < -0.3 is 4.90 Å². The lowest BCUT2D eigenvalue weighted by Crippen LogP contribution is -2.38. The molecule has 1 fully saturated rings. The molecule has 0 aliphatic carbocycles. The second kappa shape index (κ2) is 5.98. The van der Waals surface area contributed by atoms with Crippen LogP contribution in [0.2, 0.25) is 0 Å². The summed E-state index contributed by atoms with van der Waals surface area (Å²) >= 11 is 0. The summed E-state index contributed by atoms with van der Waals surface area (Å²) < 4.78 is 1.89. The Labute approximate surface area is 125 Å². The number of aldehydes is 1. The molecule has 4 heteroatoms. The third kappa shape index (κ3) is 3.00. The Balaban J connectivity index is 1.70. The summed E-state index contributed by atoms with van der Waals surface area (Å²) in [5.74, 6) is 0.713. The van der Waals surface area contributed by atoms with Crippen LogP contribution in [0.1, 0.15) is 42.9 Å². The van der Waals surface area contributed by atoms with E-state index in [-0.39, 0.29) is 0 Å². The number of hydrogen-bond donors (Lipinski definition) is 0. The topological polar surface area (TPSA) is 37.6 Å². The van der Waals surface area contributed by atoms with E-state index in [1.54, 1.807) is 0 Å². The predicted molar refractivity (Wildman–Crippen MR) is 83.7 cm³/mol. The Kier molecular flexibility index (Phi) is 4.06. The fourth-order valence-electron chi connectivity index (χ4n) is 3.25. The number of nitrogens with zero attached hydrogens (tertiary/aromatic N) is 3. The second-order valence-corrected chi connectivity index (χ2v) is 6.31. The van der Waals surface area contributed by atoms with Crippen molar-refractivity contribution in [2.45, 2.75) is 39.2 Å². The van der Waals surface area contributed by atoms with Gasteiger partial charge in [-0.1, -0.05) is 6.07 Å². The number of carbonyl (C=O) groups excluding carboxylic acids is 1. The molecule has 0 bridgehead atoms. The first kappa shape index (κ1) is 14.3. The zero-order chi connectivity index (χ0) is 14.8. The van der Waals surface area contributed by atoms with Crippen molar-refractivity contribution in [3.63, 3.8) is 0 Å². The highest BCUT2D eigenvalue weighted by atomic mass is 16.1. The number of carbonyl (C=O) groups is 1. The van der Waals surface area contributed by atoms with E-state index in [1.165, 1.54) is 25.9 Å². The van der Waals surface area contributed by atoms with E-state index in [1.807, 2.05) is 28.8 Å². The van der Waals surface area contributed by atoms with E-state index in [0.717, 1.165) is 24.0 Å². The lowest BCUT2D eigenvalue weighted by molar-refractivity contribution is 0.111. The van der Waals surface area contributed by atoms with Gasteiger partial charge in [-0.3, -0.25) is 9.20 Å². The first-order valence-electron chi connectivity index (χ1n) is 7.83. The molecule has 0 radical (unpaired) electrons. The molecule has 4 nitrogen and oxygen atoms in total. The molecule has 2 aromatic heterocycles. The van der Waals surface area contributed by atoms with Crippen LogP contribution in [0.15, 0.2) is 24.4 Å². The minimum absolute atomic E-state index is 0.649. The van der Waals surface area contributed by atoms with Crippen LogP contribution in [-0.4, -0.2) is 39.7 Å². The van der Waals surface area contributed by atoms with Crippen LogP contribution in [0.3, 0.4) is 0 Å². The highest BCUT2D eigenvalue weighted by Crippen LogP contribution is 2.23. The number of rotatable bonds is 4. The summed E-state index contributed by atoms with van der Waals surface area (Å²) in [6, 6.07) is 6.32. The molecule has 1 saturated heterocycles. The zero-order valence-electron chi connectivity index (χ0n) is 12.8. The van der Waals surface area contributed by atoms with Crippen molar-refractivity contribution in [2.75, 3.05) is 13.1 Å². The normalized spacial score (nSPS) is 17.7. The van der Waals surface area contributed by atoms with Crippen molar-refractivity contribution >= 4 is 11.9 Å². The maximum absolute atomic E-state index is 11.1. The molecule has 0 spiro atoms. The number of likely N-dealkylation sites (tertiary alicyclic amines) is 1. The van der Waals surface area contributed by atoms with Gasteiger partial charge in [0.25, 0.3) is 0 Å². The van der Waals surface area contributed by atoms with Crippen molar-refractivity contribution in [3.05, 3.63) is 35.8 Å². The van der Waals surface area contributed by atoms with E-state index < -0.39 is 0 Å². The Morgan fingerprint density at radius 1 is 1.33 bits per heavy atom. The van der Waals surface area contributed by atoms with Crippen LogP contribution < -0.4 is 0 Å². The van der Waals surface area contributed by atoms with Gasteiger partial charge in [0.05, 0.1) is 11.4 Å². The Morgan fingerprint density at radius 2 is 2.10 bits per heavy atom. The fourth-order valence-corrected chi connectivity index (χ4v) is 3.25. The van der Waals surface area contributed by atoms with Gasteiger partial charge in [0, 0.05) is 12.2 Å². The third-order valence-corrected chi connectivity index (χ3v) is 4.57. The molecule has 0 saturated carbocycles. The van der Waals surface area contributed by atoms with Crippen molar-refractivity contribution < 1.29 is 4.79 Å². The van der Waals surface area contributed by atoms with Crippen LogP contribution in [0.25, 0.3) is 5.65 Å². The lowest BCUT2D eigenvalue weighted by atomic mass is 9.92. The minimum atomic E-state index is 0.649. The molecule has 21 heavy (non-hydrogen) atoms. The van der Waals surface area contributed by atoms with Crippen molar-refractivity contribution in [3.8, 4) is 0 Å². The maximum Gasteiger partial charge on any atom is 0.166 e. The SMILES string of the molecule is CC(C)N1CCC(Cc2cn3c(C=O)cccc3n2)CC1. The highest BCUT2D eigenvalue weighted by Gasteiger charge is 2.21. The van der Waals surface area contributed by atoms with E-state index in [4.69, 9.17) is 0 Å². The monoisotopic (exact) mass is 285 g/mol. The van der Waals surface area contributed by atoms with E-state index in [9.17, 15) is 4.79 Å². The van der Waals surface area contributed by atoms with Crippen molar-refractivity contribution in [2.24, 2.45) is 5.92 Å². The van der Waals surface area contributed by atoms with Crippen LogP contribution in [0.4, 0.5) is 0 Å². The molecular weight excluding hydrogens is 262 g/mol. The summed E-state index contributed by atoms with van der Waals surface area (Å²) in [7, 11) is 0. The van der Waals surface area contributed by atoms with Gasteiger partial charge in [-0.15, -0.1) is 0 Å². The van der Waals surface area contributed by atoms with E-state index in [0.29, 0.717) is 17.7 Å². The first-order valence-corrected chi connectivity index (χ1v) is 7.83. The Hall–Kier alpha value is -1.68. The zero-order valence-corrected chi connectivity index (χ0v) is 12.8. The van der Waals surface area contributed by atoms with Crippen LogP contribution in [-0.2, 0) is 6.42 Å². The number of hydrogen-bond acceptors (Lipinski definition) is 3. The van der Waals surface area contributed by atoms with Crippen LogP contribution in [0, 0.1) is 5.92 Å². The smallest absolute Gasteiger partial charge is 0.166 e. The summed E-state index contributed by atoms with van der Waals surface area (Å²) in [6.45, 7) is 6.91. The quantitative estimate of drug-likeness (QED) is 0.811. The summed E-state index contributed by atoms with van der Waals surface area (Å²) in [4.78, 5) is 18.3. The van der Waals surface area contributed by atoms with Gasteiger partial charge in [-0.05, 0) is 64.3 Å². The molecule has 2 aromatic rings. The van der Waals surface area contributed by atoms with E-state index in [2.05, 4.69) is 23.7 Å². The second-order valence-electron chi connectivity index (χ2n) is 6.31. The molecule has 1 aliphatic rings. The molecule has 0 amide bonds. The van der Waals surface area contributed by atoms with Crippen LogP contribution in [0.5, 0.6) is 0 Å². The average molecular weight is 285 g/mol. The van der Waals surface area contributed by atoms with Gasteiger partial charge in [-0.2, -0.15) is 0 Å². The number of fused-ring (bicyclic) bond motifs is 1. The van der Waals surface area contributed by atoms with E-state index >= 15 is 0 Å². The number of aromatic nitrogens is 2. The molecule has 0 N–H and O–H groups in total. The molecule has 0 atom stereocenters. The lowest BCUT2D eigenvalue weighted by Gasteiger charge is -2.34. The summed E-state index contributed by atoms with van der Waals surface area (Å²) in [5, 5.41) is 0. The standard InChI is InChI=1S/C17H23N3O/c1-13(2)19-8-6-14(7-9-19)10-15-11-20-16(12-21)4-3-5-17(20)18-15/h3-5,11-14H,6-10H2,1-2H3. The van der Waals surface area contributed by atoms with Gasteiger partial charge >= 0.3 is 0 Å². The van der Waals surface area contributed by atoms with Crippen molar-refractivity contribution in [1.29, 1.82) is 0 Å². The fraction of sp³-hybridized carbons (Fsp3) is 0.529. The van der Waals surface area contributed by atoms with Gasteiger partial charge in [0.2, 0.25) is 0 Å². The third-order valence-electron chi connectivity index (χ3n) is 4.57. The Morgan fingerprint density at radius 3 is 2.76 bits per heavy atom. The molecular formula is C17H23N3O. The summed E-state index contributed by atoms with van der Waals surface area (Å²) in [5.41, 5.74) is 2.64. The molecule has 112 valence electrons. The minimum Gasteiger partial charge on any atom is -0.301 e. The van der Waals surface area contributed by atoms with Crippen molar-refractivity contribution in [1.82, 2.24) is 14.3 Å². The Bertz CT molecular complexity index is 624. The highest BCUT2D eigenvalue weighted by molar-refractivity contribution is 5.73. The van der Waals surface area contributed by atoms with Gasteiger partial charge in [-0.25, -0.2) is 4.98 Å². The first-order chi connectivity index (χ1) is 10.2. The maximum atomic E-state index is 11.1.